The maximum atomic E-state index is 12.6. The Morgan fingerprint density at radius 2 is 1.96 bits per heavy atom. The molecule has 1 saturated carbocycles. The van der Waals surface area contributed by atoms with Gasteiger partial charge in [0.25, 0.3) is 0 Å². The van der Waals surface area contributed by atoms with Gasteiger partial charge in [-0.1, -0.05) is 37.1 Å². The summed E-state index contributed by atoms with van der Waals surface area (Å²) >= 11 is 0. The van der Waals surface area contributed by atoms with Crippen LogP contribution in [0.3, 0.4) is 0 Å². The summed E-state index contributed by atoms with van der Waals surface area (Å²) in [5.74, 6) is 0.0426. The molecule has 0 spiro atoms. The fourth-order valence-electron chi connectivity index (χ4n) is 4.32. The van der Waals surface area contributed by atoms with Crippen LogP contribution < -0.4 is 5.32 Å². The summed E-state index contributed by atoms with van der Waals surface area (Å²) in [7, 11) is 0. The quantitative estimate of drug-likeness (QED) is 0.829. The number of aliphatic hydroxyl groups is 1. The molecule has 1 atom stereocenters. The lowest BCUT2D eigenvalue weighted by atomic mass is 9.90. The number of nitrogens with zero attached hydrogens (tertiary/aromatic N) is 1. The van der Waals surface area contributed by atoms with Gasteiger partial charge in [0, 0.05) is 31.6 Å². The Morgan fingerprint density at radius 3 is 2.64 bits per heavy atom. The molecule has 5 nitrogen and oxygen atoms in total. The van der Waals surface area contributed by atoms with Crippen LogP contribution in [0.15, 0.2) is 24.3 Å². The Kier molecular flexibility index (Phi) is 6.10. The van der Waals surface area contributed by atoms with Gasteiger partial charge >= 0.3 is 0 Å². The highest BCUT2D eigenvalue weighted by molar-refractivity contribution is 5.77. The number of amides is 1. The van der Waals surface area contributed by atoms with Gasteiger partial charge in [-0.25, -0.2) is 0 Å². The lowest BCUT2D eigenvalue weighted by molar-refractivity contribution is -0.126. The van der Waals surface area contributed by atoms with Crippen molar-refractivity contribution in [2.24, 2.45) is 0 Å². The normalized spacial score (nSPS) is 21.8. The molecule has 5 heteroatoms. The van der Waals surface area contributed by atoms with Crippen LogP contribution in [-0.4, -0.2) is 54.3 Å². The third kappa shape index (κ3) is 4.40. The third-order valence-electron chi connectivity index (χ3n) is 5.75. The van der Waals surface area contributed by atoms with Crippen LogP contribution in [0.25, 0.3) is 0 Å². The molecule has 1 heterocycles. The first-order valence-corrected chi connectivity index (χ1v) is 9.44. The topological polar surface area (TPSA) is 61.8 Å². The van der Waals surface area contributed by atoms with E-state index in [1.54, 1.807) is 0 Å². The third-order valence-corrected chi connectivity index (χ3v) is 5.75. The highest BCUT2D eigenvalue weighted by atomic mass is 16.5. The number of morpholine rings is 1. The van der Waals surface area contributed by atoms with Gasteiger partial charge in [0.05, 0.1) is 19.3 Å². The molecule has 1 aliphatic carbocycles. The van der Waals surface area contributed by atoms with E-state index in [0.29, 0.717) is 6.42 Å². The summed E-state index contributed by atoms with van der Waals surface area (Å²) in [6.45, 7) is 5.60. The maximum absolute atomic E-state index is 12.6. The van der Waals surface area contributed by atoms with Gasteiger partial charge in [0.1, 0.15) is 0 Å². The molecule has 25 heavy (non-hydrogen) atoms. The number of aryl methyl sites for hydroxylation is 1. The maximum Gasteiger partial charge on any atom is 0.221 e. The molecule has 1 unspecified atom stereocenters. The minimum absolute atomic E-state index is 0.0124. The summed E-state index contributed by atoms with van der Waals surface area (Å²) in [5, 5.41) is 13.3. The van der Waals surface area contributed by atoms with Crippen LogP contribution in [0, 0.1) is 6.92 Å². The average molecular weight is 346 g/mol. The summed E-state index contributed by atoms with van der Waals surface area (Å²) in [6, 6.07) is 7.76. The fraction of sp³-hybridized carbons (Fsp3) is 0.650. The molecule has 1 aromatic rings. The number of hydrogen-bond donors (Lipinski definition) is 2. The lowest BCUT2D eigenvalue weighted by Crippen LogP contribution is -2.54. The molecule has 0 bridgehead atoms. The lowest BCUT2D eigenvalue weighted by Gasteiger charge is -2.43. The standard InChI is InChI=1S/C20H30N2O3/c1-16-6-2-3-7-17(16)18(23)15-21-19(24)14-20(8-4-5-9-20)22-10-12-25-13-11-22/h2-3,6-7,18,23H,4-5,8-15H2,1H3,(H,21,24). The van der Waals surface area contributed by atoms with Crippen molar-refractivity contribution in [3.05, 3.63) is 35.4 Å². The Morgan fingerprint density at radius 1 is 1.28 bits per heavy atom. The van der Waals surface area contributed by atoms with E-state index < -0.39 is 6.10 Å². The number of rotatable bonds is 6. The van der Waals surface area contributed by atoms with Crippen molar-refractivity contribution in [2.45, 2.75) is 50.7 Å². The molecule has 0 radical (unpaired) electrons. The van der Waals surface area contributed by atoms with E-state index in [-0.39, 0.29) is 18.0 Å². The zero-order valence-electron chi connectivity index (χ0n) is 15.2. The summed E-state index contributed by atoms with van der Waals surface area (Å²) in [4.78, 5) is 15.0. The van der Waals surface area contributed by atoms with E-state index in [2.05, 4.69) is 10.2 Å². The van der Waals surface area contributed by atoms with Crippen molar-refractivity contribution < 1.29 is 14.6 Å². The molecule has 1 aliphatic heterocycles. The first-order chi connectivity index (χ1) is 12.1. The predicted octanol–water partition coefficient (Wildman–Crippen LogP) is 2.18. The molecule has 1 amide bonds. The molecule has 0 aromatic heterocycles. The Balaban J connectivity index is 1.56. The minimum Gasteiger partial charge on any atom is -0.387 e. The van der Waals surface area contributed by atoms with Crippen molar-refractivity contribution in [2.75, 3.05) is 32.8 Å². The molecular formula is C20H30N2O3. The fourth-order valence-corrected chi connectivity index (χ4v) is 4.32. The second kappa shape index (κ2) is 8.30. The van der Waals surface area contributed by atoms with Gasteiger partial charge in [-0.3, -0.25) is 9.69 Å². The van der Waals surface area contributed by atoms with Crippen LogP contribution in [0.1, 0.15) is 49.3 Å². The molecule has 2 fully saturated rings. The van der Waals surface area contributed by atoms with Crippen molar-refractivity contribution >= 4 is 5.91 Å². The van der Waals surface area contributed by atoms with E-state index >= 15 is 0 Å². The van der Waals surface area contributed by atoms with Crippen molar-refractivity contribution in [3.63, 3.8) is 0 Å². The SMILES string of the molecule is Cc1ccccc1C(O)CNC(=O)CC1(N2CCOCC2)CCCC1. The van der Waals surface area contributed by atoms with Gasteiger partial charge in [-0.2, -0.15) is 0 Å². The molecule has 1 saturated heterocycles. The zero-order valence-corrected chi connectivity index (χ0v) is 15.2. The van der Waals surface area contributed by atoms with Crippen LogP contribution in [-0.2, 0) is 9.53 Å². The number of benzene rings is 1. The first kappa shape index (κ1) is 18.4. The number of hydrogen-bond acceptors (Lipinski definition) is 4. The van der Waals surface area contributed by atoms with Gasteiger partial charge in [0.2, 0.25) is 5.91 Å². The highest BCUT2D eigenvalue weighted by Crippen LogP contribution is 2.38. The Bertz CT molecular complexity index is 578. The Hall–Kier alpha value is -1.43. The van der Waals surface area contributed by atoms with E-state index in [1.165, 1.54) is 12.8 Å². The number of carbonyl (C=O) groups is 1. The molecule has 2 aliphatic rings. The second-order valence-electron chi connectivity index (χ2n) is 7.38. The number of aliphatic hydroxyl groups excluding tert-OH is 1. The predicted molar refractivity (Wildman–Crippen MR) is 97.4 cm³/mol. The van der Waals surface area contributed by atoms with Crippen LogP contribution >= 0.6 is 0 Å². The summed E-state index contributed by atoms with van der Waals surface area (Å²) < 4.78 is 5.47. The monoisotopic (exact) mass is 346 g/mol. The van der Waals surface area contributed by atoms with Gasteiger partial charge in [-0.15, -0.1) is 0 Å². The van der Waals surface area contributed by atoms with E-state index in [0.717, 1.165) is 50.3 Å². The second-order valence-corrected chi connectivity index (χ2v) is 7.38. The average Bonchev–Trinajstić information content (AvgIpc) is 3.10. The molecule has 3 rings (SSSR count). The van der Waals surface area contributed by atoms with Crippen molar-refractivity contribution in [1.82, 2.24) is 10.2 Å². The van der Waals surface area contributed by atoms with Crippen LogP contribution in [0.5, 0.6) is 0 Å². The summed E-state index contributed by atoms with van der Waals surface area (Å²) in [6.07, 6.45) is 4.41. The first-order valence-electron chi connectivity index (χ1n) is 9.44. The van der Waals surface area contributed by atoms with Crippen molar-refractivity contribution in [1.29, 1.82) is 0 Å². The molecule has 2 N–H and O–H groups in total. The Labute approximate surface area is 150 Å². The van der Waals surface area contributed by atoms with Gasteiger partial charge in [0.15, 0.2) is 0 Å². The zero-order chi connectivity index (χ0) is 17.7. The number of ether oxygens (including phenoxy) is 1. The highest BCUT2D eigenvalue weighted by Gasteiger charge is 2.41. The smallest absolute Gasteiger partial charge is 0.221 e. The van der Waals surface area contributed by atoms with E-state index in [9.17, 15) is 9.90 Å². The molecular weight excluding hydrogens is 316 g/mol. The van der Waals surface area contributed by atoms with Gasteiger partial charge in [-0.05, 0) is 30.9 Å². The number of carbonyl (C=O) groups excluding carboxylic acids is 1. The van der Waals surface area contributed by atoms with Crippen LogP contribution in [0.2, 0.25) is 0 Å². The van der Waals surface area contributed by atoms with Gasteiger partial charge < -0.3 is 15.2 Å². The molecule has 1 aromatic carbocycles. The van der Waals surface area contributed by atoms with E-state index in [4.69, 9.17) is 4.74 Å². The summed E-state index contributed by atoms with van der Waals surface area (Å²) in [5.41, 5.74) is 1.91. The molecule has 138 valence electrons. The van der Waals surface area contributed by atoms with E-state index in [1.807, 2.05) is 31.2 Å². The minimum atomic E-state index is -0.659. The van der Waals surface area contributed by atoms with Crippen molar-refractivity contribution in [3.8, 4) is 0 Å². The van der Waals surface area contributed by atoms with Crippen LogP contribution in [0.4, 0.5) is 0 Å². The largest absolute Gasteiger partial charge is 0.387 e. The number of nitrogens with one attached hydrogen (secondary N) is 1.